The molecule has 1 fully saturated rings. The summed E-state index contributed by atoms with van der Waals surface area (Å²) in [7, 11) is 1.68. The standard InChI is InChI=1S/C15H21BrO2/c1-4-15(5-2)13(16)10-14(15)18-12-8-6-11(17-3)7-9-12/h6-9,13-14H,4-5,10H2,1-3H3. The number of methoxy groups -OCH3 is 1. The summed E-state index contributed by atoms with van der Waals surface area (Å²) in [6.07, 6.45) is 3.72. The predicted octanol–water partition coefficient (Wildman–Crippen LogP) is 4.42. The van der Waals surface area contributed by atoms with Gasteiger partial charge in [-0.1, -0.05) is 29.8 Å². The number of benzene rings is 1. The fraction of sp³-hybridized carbons (Fsp3) is 0.600. The third-order valence-corrected chi connectivity index (χ3v) is 5.63. The van der Waals surface area contributed by atoms with Crippen LogP contribution in [-0.2, 0) is 0 Å². The molecule has 0 aliphatic heterocycles. The zero-order valence-corrected chi connectivity index (χ0v) is 12.9. The van der Waals surface area contributed by atoms with E-state index >= 15 is 0 Å². The summed E-state index contributed by atoms with van der Waals surface area (Å²) in [5, 5.41) is 0. The molecule has 1 aromatic rings. The van der Waals surface area contributed by atoms with Crippen molar-refractivity contribution in [1.29, 1.82) is 0 Å². The third kappa shape index (κ3) is 2.25. The van der Waals surface area contributed by atoms with Crippen molar-refractivity contribution in [2.75, 3.05) is 7.11 Å². The first-order valence-corrected chi connectivity index (χ1v) is 7.52. The number of ether oxygens (including phenoxy) is 2. The van der Waals surface area contributed by atoms with E-state index in [1.807, 2.05) is 24.3 Å². The van der Waals surface area contributed by atoms with Gasteiger partial charge in [0.2, 0.25) is 0 Å². The van der Waals surface area contributed by atoms with Gasteiger partial charge in [0.15, 0.2) is 0 Å². The van der Waals surface area contributed by atoms with Crippen molar-refractivity contribution < 1.29 is 9.47 Å². The first-order valence-electron chi connectivity index (χ1n) is 6.61. The van der Waals surface area contributed by atoms with E-state index in [0.29, 0.717) is 16.3 Å². The molecule has 100 valence electrons. The molecule has 18 heavy (non-hydrogen) atoms. The SMILES string of the molecule is CCC1(CC)C(Br)CC1Oc1ccc(OC)cc1. The fourth-order valence-corrected chi connectivity index (χ4v) is 4.11. The molecule has 2 nitrogen and oxygen atoms in total. The number of alkyl halides is 1. The van der Waals surface area contributed by atoms with Crippen LogP contribution >= 0.6 is 15.9 Å². The molecule has 0 radical (unpaired) electrons. The van der Waals surface area contributed by atoms with Crippen molar-refractivity contribution in [1.82, 2.24) is 0 Å². The van der Waals surface area contributed by atoms with E-state index in [0.717, 1.165) is 30.8 Å². The number of hydrogen-bond donors (Lipinski definition) is 0. The molecule has 2 atom stereocenters. The molecule has 0 saturated heterocycles. The Hall–Kier alpha value is -0.700. The van der Waals surface area contributed by atoms with E-state index in [2.05, 4.69) is 29.8 Å². The Bertz CT molecular complexity index is 384. The summed E-state index contributed by atoms with van der Waals surface area (Å²) >= 11 is 3.78. The van der Waals surface area contributed by atoms with Crippen LogP contribution in [0.25, 0.3) is 0 Å². The number of halogens is 1. The lowest BCUT2D eigenvalue weighted by Crippen LogP contribution is -2.56. The Kier molecular flexibility index (Phi) is 4.21. The molecular formula is C15H21BrO2. The van der Waals surface area contributed by atoms with Crippen LogP contribution in [0.2, 0.25) is 0 Å². The van der Waals surface area contributed by atoms with Gasteiger partial charge in [0.05, 0.1) is 7.11 Å². The Morgan fingerprint density at radius 1 is 1.17 bits per heavy atom. The minimum atomic E-state index is 0.292. The van der Waals surface area contributed by atoms with Crippen molar-refractivity contribution >= 4 is 15.9 Å². The maximum atomic E-state index is 6.13. The summed E-state index contributed by atoms with van der Waals surface area (Å²) in [5.74, 6) is 1.80. The third-order valence-electron chi connectivity index (χ3n) is 4.34. The Morgan fingerprint density at radius 2 is 1.72 bits per heavy atom. The van der Waals surface area contributed by atoms with Gasteiger partial charge >= 0.3 is 0 Å². The minimum absolute atomic E-state index is 0.292. The minimum Gasteiger partial charge on any atom is -0.497 e. The average molecular weight is 313 g/mol. The van der Waals surface area contributed by atoms with Crippen LogP contribution in [0.15, 0.2) is 24.3 Å². The van der Waals surface area contributed by atoms with Crippen LogP contribution < -0.4 is 9.47 Å². The second kappa shape index (κ2) is 5.52. The Morgan fingerprint density at radius 3 is 2.17 bits per heavy atom. The highest BCUT2D eigenvalue weighted by Gasteiger charge is 2.53. The van der Waals surface area contributed by atoms with Crippen LogP contribution in [-0.4, -0.2) is 18.0 Å². The molecule has 0 aromatic heterocycles. The summed E-state index contributed by atoms with van der Waals surface area (Å²) in [6, 6.07) is 7.85. The lowest BCUT2D eigenvalue weighted by molar-refractivity contribution is -0.0411. The van der Waals surface area contributed by atoms with E-state index in [1.54, 1.807) is 7.11 Å². The first-order chi connectivity index (χ1) is 8.66. The molecule has 0 N–H and O–H groups in total. The predicted molar refractivity (Wildman–Crippen MR) is 77.8 cm³/mol. The van der Waals surface area contributed by atoms with Gasteiger partial charge in [-0.15, -0.1) is 0 Å². The van der Waals surface area contributed by atoms with Gasteiger partial charge < -0.3 is 9.47 Å². The highest BCUT2D eigenvalue weighted by molar-refractivity contribution is 9.09. The van der Waals surface area contributed by atoms with Crippen molar-refractivity contribution in [2.24, 2.45) is 5.41 Å². The summed E-state index contributed by atoms with van der Waals surface area (Å²) in [6.45, 7) is 4.50. The largest absolute Gasteiger partial charge is 0.497 e. The molecule has 0 bridgehead atoms. The van der Waals surface area contributed by atoms with Gasteiger partial charge in [0.1, 0.15) is 17.6 Å². The summed E-state index contributed by atoms with van der Waals surface area (Å²) in [4.78, 5) is 0.586. The summed E-state index contributed by atoms with van der Waals surface area (Å²) < 4.78 is 11.3. The van der Waals surface area contributed by atoms with E-state index in [1.165, 1.54) is 0 Å². The molecule has 0 amide bonds. The molecule has 1 saturated carbocycles. The highest BCUT2D eigenvalue weighted by Crippen LogP contribution is 2.52. The lowest BCUT2D eigenvalue weighted by Gasteiger charge is -2.52. The van der Waals surface area contributed by atoms with Crippen LogP contribution in [0.5, 0.6) is 11.5 Å². The van der Waals surface area contributed by atoms with Crippen LogP contribution in [0, 0.1) is 5.41 Å². The number of hydrogen-bond acceptors (Lipinski definition) is 2. The monoisotopic (exact) mass is 312 g/mol. The van der Waals surface area contributed by atoms with Crippen LogP contribution in [0.3, 0.4) is 0 Å². The smallest absolute Gasteiger partial charge is 0.120 e. The van der Waals surface area contributed by atoms with Gasteiger partial charge in [-0.05, 0) is 43.5 Å². The van der Waals surface area contributed by atoms with Crippen LogP contribution in [0.1, 0.15) is 33.1 Å². The quantitative estimate of drug-likeness (QED) is 0.749. The highest BCUT2D eigenvalue weighted by atomic mass is 79.9. The van der Waals surface area contributed by atoms with E-state index in [9.17, 15) is 0 Å². The van der Waals surface area contributed by atoms with Gasteiger partial charge in [-0.25, -0.2) is 0 Å². The van der Waals surface area contributed by atoms with Gasteiger partial charge in [-0.3, -0.25) is 0 Å². The summed E-state index contributed by atoms with van der Waals surface area (Å²) in [5.41, 5.74) is 0.292. The molecule has 1 aromatic carbocycles. The second-order valence-electron chi connectivity index (χ2n) is 4.93. The molecular weight excluding hydrogens is 292 g/mol. The van der Waals surface area contributed by atoms with Gasteiger partial charge in [-0.2, -0.15) is 0 Å². The molecule has 1 aliphatic carbocycles. The molecule has 0 heterocycles. The lowest BCUT2D eigenvalue weighted by atomic mass is 9.62. The Balaban J connectivity index is 2.05. The molecule has 2 rings (SSSR count). The average Bonchev–Trinajstić information content (AvgIpc) is 2.40. The maximum absolute atomic E-state index is 6.13. The Labute approximate surface area is 118 Å². The van der Waals surface area contributed by atoms with Gasteiger partial charge in [0, 0.05) is 10.2 Å². The number of rotatable bonds is 5. The maximum Gasteiger partial charge on any atom is 0.120 e. The fourth-order valence-electron chi connectivity index (χ4n) is 2.83. The topological polar surface area (TPSA) is 18.5 Å². The van der Waals surface area contributed by atoms with Crippen molar-refractivity contribution in [3.8, 4) is 11.5 Å². The molecule has 0 spiro atoms. The normalized spacial score (nSPS) is 25.3. The molecule has 2 unspecified atom stereocenters. The second-order valence-corrected chi connectivity index (χ2v) is 6.03. The van der Waals surface area contributed by atoms with Crippen LogP contribution in [0.4, 0.5) is 0 Å². The van der Waals surface area contributed by atoms with E-state index in [-0.39, 0.29) is 0 Å². The zero-order valence-electron chi connectivity index (χ0n) is 11.3. The van der Waals surface area contributed by atoms with E-state index < -0.39 is 0 Å². The first kappa shape index (κ1) is 13.7. The molecule has 1 aliphatic rings. The van der Waals surface area contributed by atoms with Gasteiger partial charge in [0.25, 0.3) is 0 Å². The van der Waals surface area contributed by atoms with Crippen molar-refractivity contribution in [3.05, 3.63) is 24.3 Å². The van der Waals surface area contributed by atoms with Crippen molar-refractivity contribution in [2.45, 2.75) is 44.0 Å². The van der Waals surface area contributed by atoms with E-state index in [4.69, 9.17) is 9.47 Å². The molecule has 3 heteroatoms. The van der Waals surface area contributed by atoms with Crippen molar-refractivity contribution in [3.63, 3.8) is 0 Å². The zero-order chi connectivity index (χ0) is 13.2.